The summed E-state index contributed by atoms with van der Waals surface area (Å²) in [5.74, 6) is 0.738. The highest BCUT2D eigenvalue weighted by Crippen LogP contribution is 2.30. The molecule has 0 saturated heterocycles. The van der Waals surface area contributed by atoms with Crippen LogP contribution in [0.1, 0.15) is 18.9 Å². The summed E-state index contributed by atoms with van der Waals surface area (Å²) in [5, 5.41) is 16.0. The summed E-state index contributed by atoms with van der Waals surface area (Å²) in [5.41, 5.74) is 6.91. The third kappa shape index (κ3) is 5.39. The number of hydrogen-bond acceptors (Lipinski definition) is 7. The van der Waals surface area contributed by atoms with Gasteiger partial charge in [0.1, 0.15) is 40.3 Å². The summed E-state index contributed by atoms with van der Waals surface area (Å²) in [6.45, 7) is 1.92. The summed E-state index contributed by atoms with van der Waals surface area (Å²) >= 11 is 3.80. The predicted octanol–water partition coefficient (Wildman–Crippen LogP) is 4.20. The number of aliphatic imine (C=N–C) groups is 1. The molecule has 0 saturated carbocycles. The predicted molar refractivity (Wildman–Crippen MR) is 127 cm³/mol. The Bertz CT molecular complexity index is 1200. The molecule has 0 fully saturated rings. The lowest BCUT2D eigenvalue weighted by molar-refractivity contribution is 0.564. The first-order valence-corrected chi connectivity index (χ1v) is 11.0. The van der Waals surface area contributed by atoms with Gasteiger partial charge in [-0.25, -0.2) is 19.2 Å². The fraction of sp³-hybridized carbons (Fsp3) is 0.143. The molecular weight excluding hydrogens is 450 g/mol. The van der Waals surface area contributed by atoms with Crippen LogP contribution in [0.5, 0.6) is 0 Å². The molecule has 0 aliphatic carbocycles. The monoisotopic (exact) mass is 469 g/mol. The van der Waals surface area contributed by atoms with Crippen molar-refractivity contribution < 1.29 is 8.76 Å². The minimum absolute atomic E-state index is 0.000348. The van der Waals surface area contributed by atoms with Crippen LogP contribution in [0.2, 0.25) is 5.02 Å². The van der Waals surface area contributed by atoms with Gasteiger partial charge < -0.3 is 20.9 Å². The maximum absolute atomic E-state index is 11.9. The van der Waals surface area contributed by atoms with E-state index >= 15 is 0 Å². The SMILES string of the molecule is CCC(Nc1ncnc(N)c1C#N)C(=Nc1cccc(Cl)c1S(=O)O)Nc1ccccc1. The van der Waals surface area contributed by atoms with Crippen LogP contribution in [0.3, 0.4) is 0 Å². The van der Waals surface area contributed by atoms with Crippen LogP contribution in [0.15, 0.2) is 64.7 Å². The van der Waals surface area contributed by atoms with Crippen LogP contribution in [0, 0.1) is 11.3 Å². The van der Waals surface area contributed by atoms with Crippen molar-refractivity contribution in [3.05, 3.63) is 65.4 Å². The van der Waals surface area contributed by atoms with E-state index in [1.54, 1.807) is 12.1 Å². The molecule has 1 heterocycles. The van der Waals surface area contributed by atoms with E-state index < -0.39 is 17.1 Å². The molecule has 0 spiro atoms. The van der Waals surface area contributed by atoms with Crippen molar-refractivity contribution in [2.75, 3.05) is 16.4 Å². The lowest BCUT2D eigenvalue weighted by Crippen LogP contribution is -2.35. The maximum atomic E-state index is 11.9. The second kappa shape index (κ2) is 10.7. The molecule has 164 valence electrons. The molecule has 2 aromatic carbocycles. The van der Waals surface area contributed by atoms with Gasteiger partial charge in [0.2, 0.25) is 0 Å². The molecule has 2 atom stereocenters. The summed E-state index contributed by atoms with van der Waals surface area (Å²) in [7, 11) is 0. The molecule has 0 aliphatic rings. The number of hydrogen-bond donors (Lipinski definition) is 4. The minimum Gasteiger partial charge on any atom is -0.382 e. The first-order valence-electron chi connectivity index (χ1n) is 9.51. The van der Waals surface area contributed by atoms with E-state index in [1.165, 1.54) is 12.4 Å². The van der Waals surface area contributed by atoms with Gasteiger partial charge in [0.25, 0.3) is 0 Å². The molecule has 9 nitrogen and oxygen atoms in total. The molecule has 0 bridgehead atoms. The van der Waals surface area contributed by atoms with Crippen LogP contribution in [0.25, 0.3) is 0 Å². The fourth-order valence-electron chi connectivity index (χ4n) is 2.90. The number of nitriles is 1. The molecule has 3 aromatic rings. The van der Waals surface area contributed by atoms with Crippen molar-refractivity contribution in [1.82, 2.24) is 9.97 Å². The standard InChI is InChI=1S/C21H20ClN7O2S/c1-2-16(28-20-14(11-23)19(24)25-12-26-20)21(27-13-7-4-3-5-8-13)29-17-10-6-9-15(22)18(17)32(30)31/h3-10,12,16H,2H2,1H3,(H,27,29)(H,30,31)(H3,24,25,26,28). The van der Waals surface area contributed by atoms with Crippen molar-refractivity contribution in [3.63, 3.8) is 0 Å². The van der Waals surface area contributed by atoms with E-state index in [0.29, 0.717) is 12.3 Å². The Morgan fingerprint density at radius 1 is 1.28 bits per heavy atom. The highest BCUT2D eigenvalue weighted by Gasteiger charge is 2.20. The van der Waals surface area contributed by atoms with Crippen molar-refractivity contribution in [2.24, 2.45) is 4.99 Å². The Balaban J connectivity index is 2.10. The van der Waals surface area contributed by atoms with Gasteiger partial charge in [-0.05, 0) is 30.7 Å². The third-order valence-electron chi connectivity index (χ3n) is 4.45. The molecule has 32 heavy (non-hydrogen) atoms. The number of aromatic nitrogens is 2. The van der Waals surface area contributed by atoms with Crippen LogP contribution >= 0.6 is 11.6 Å². The van der Waals surface area contributed by atoms with Crippen molar-refractivity contribution in [2.45, 2.75) is 24.3 Å². The van der Waals surface area contributed by atoms with Gasteiger partial charge in [-0.3, -0.25) is 0 Å². The van der Waals surface area contributed by atoms with E-state index in [9.17, 15) is 14.0 Å². The molecule has 5 N–H and O–H groups in total. The topological polar surface area (TPSA) is 149 Å². The second-order valence-corrected chi connectivity index (χ2v) is 7.84. The van der Waals surface area contributed by atoms with E-state index in [2.05, 4.69) is 25.6 Å². The Morgan fingerprint density at radius 3 is 2.69 bits per heavy atom. The maximum Gasteiger partial charge on any atom is 0.190 e. The number of nitrogen functional groups attached to an aromatic ring is 1. The molecule has 0 aliphatic heterocycles. The highest BCUT2D eigenvalue weighted by atomic mass is 35.5. The Morgan fingerprint density at radius 2 is 2.03 bits per heavy atom. The van der Waals surface area contributed by atoms with Crippen molar-refractivity contribution in [1.29, 1.82) is 5.26 Å². The Kier molecular flexibility index (Phi) is 7.72. The lowest BCUT2D eigenvalue weighted by atomic mass is 10.1. The second-order valence-electron chi connectivity index (χ2n) is 6.52. The van der Waals surface area contributed by atoms with E-state index in [4.69, 9.17) is 17.3 Å². The number of benzene rings is 2. The zero-order chi connectivity index (χ0) is 23.1. The zero-order valence-corrected chi connectivity index (χ0v) is 18.6. The van der Waals surface area contributed by atoms with Crippen LogP contribution in [-0.4, -0.2) is 30.6 Å². The van der Waals surface area contributed by atoms with Crippen LogP contribution in [0.4, 0.5) is 23.0 Å². The lowest BCUT2D eigenvalue weighted by Gasteiger charge is -2.22. The number of nitrogens with zero attached hydrogens (tertiary/aromatic N) is 4. The summed E-state index contributed by atoms with van der Waals surface area (Å²) < 4.78 is 21.6. The number of nitrogens with one attached hydrogen (secondary N) is 2. The minimum atomic E-state index is -2.34. The molecule has 1 aromatic heterocycles. The number of rotatable bonds is 7. The van der Waals surface area contributed by atoms with E-state index in [-0.39, 0.29) is 32.8 Å². The van der Waals surface area contributed by atoms with Gasteiger partial charge in [0.05, 0.1) is 16.8 Å². The number of anilines is 3. The molecule has 11 heteroatoms. The largest absolute Gasteiger partial charge is 0.382 e. The fourth-order valence-corrected chi connectivity index (χ4v) is 3.79. The molecule has 0 radical (unpaired) electrons. The van der Waals surface area contributed by atoms with Gasteiger partial charge in [-0.1, -0.05) is 42.8 Å². The van der Waals surface area contributed by atoms with E-state index in [0.717, 1.165) is 5.69 Å². The number of para-hydroxylation sites is 1. The van der Waals surface area contributed by atoms with Gasteiger partial charge in [-0.15, -0.1) is 0 Å². The summed E-state index contributed by atoms with van der Waals surface area (Å²) in [4.78, 5) is 12.6. The average molecular weight is 470 g/mol. The van der Waals surface area contributed by atoms with E-state index in [1.807, 2.05) is 43.3 Å². The molecule has 3 rings (SSSR count). The first kappa shape index (κ1) is 23.1. The number of halogens is 1. The Labute approximate surface area is 192 Å². The number of amidine groups is 1. The van der Waals surface area contributed by atoms with Crippen LogP contribution in [-0.2, 0) is 11.1 Å². The van der Waals surface area contributed by atoms with Crippen molar-refractivity contribution in [3.8, 4) is 6.07 Å². The molecule has 0 amide bonds. The van der Waals surface area contributed by atoms with Gasteiger partial charge in [0, 0.05) is 5.69 Å². The molecule has 2 unspecified atom stereocenters. The average Bonchev–Trinajstić information content (AvgIpc) is 2.77. The summed E-state index contributed by atoms with van der Waals surface area (Å²) in [6.07, 6.45) is 1.79. The third-order valence-corrected chi connectivity index (χ3v) is 5.65. The number of nitrogens with two attached hydrogens (primary N) is 1. The normalized spacial score (nSPS) is 13.1. The smallest absolute Gasteiger partial charge is 0.190 e. The quantitative estimate of drug-likeness (QED) is 0.228. The van der Waals surface area contributed by atoms with Gasteiger partial charge >= 0.3 is 0 Å². The van der Waals surface area contributed by atoms with Crippen LogP contribution < -0.4 is 16.4 Å². The van der Waals surface area contributed by atoms with Crippen molar-refractivity contribution >= 4 is 51.5 Å². The van der Waals surface area contributed by atoms with Gasteiger partial charge in [0.15, 0.2) is 11.1 Å². The zero-order valence-electron chi connectivity index (χ0n) is 17.0. The van der Waals surface area contributed by atoms with Gasteiger partial charge in [-0.2, -0.15) is 5.26 Å². The summed E-state index contributed by atoms with van der Waals surface area (Å²) in [6, 6.07) is 15.6. The first-order chi connectivity index (χ1) is 15.4. The highest BCUT2D eigenvalue weighted by molar-refractivity contribution is 7.79. The molecular formula is C21H20ClN7O2S. The Hall–Kier alpha value is -3.52.